The highest BCUT2D eigenvalue weighted by atomic mass is 16.6. The normalized spacial score (nSPS) is 16.1. The predicted molar refractivity (Wildman–Crippen MR) is 59.8 cm³/mol. The van der Waals surface area contributed by atoms with Crippen molar-refractivity contribution in [2.24, 2.45) is 0 Å². The Morgan fingerprint density at radius 1 is 1.38 bits per heavy atom. The van der Waals surface area contributed by atoms with E-state index in [4.69, 9.17) is 0 Å². The smallest absolute Gasteiger partial charge is 0.273 e. The second-order valence-electron chi connectivity index (χ2n) is 3.67. The van der Waals surface area contributed by atoms with E-state index in [1.165, 1.54) is 12.1 Å². The quantitative estimate of drug-likeness (QED) is 0.570. The van der Waals surface area contributed by atoms with Crippen LogP contribution in [0.5, 0.6) is 5.75 Å². The molecule has 2 N–H and O–H groups in total. The van der Waals surface area contributed by atoms with Crippen LogP contribution in [0.3, 0.4) is 0 Å². The zero-order valence-corrected chi connectivity index (χ0v) is 8.72. The Morgan fingerprint density at radius 2 is 2.06 bits per heavy atom. The maximum absolute atomic E-state index is 10.5. The van der Waals surface area contributed by atoms with Crippen LogP contribution in [0.2, 0.25) is 0 Å². The molecule has 0 bridgehead atoms. The molecule has 1 aromatic rings. The summed E-state index contributed by atoms with van der Waals surface area (Å²) in [7, 11) is 0. The molecule has 1 aliphatic heterocycles. The van der Waals surface area contributed by atoms with Gasteiger partial charge in [0, 0.05) is 32.2 Å². The van der Waals surface area contributed by atoms with Crippen LogP contribution < -0.4 is 10.2 Å². The van der Waals surface area contributed by atoms with Gasteiger partial charge in [-0.1, -0.05) is 0 Å². The van der Waals surface area contributed by atoms with Crippen LogP contribution in [-0.4, -0.2) is 36.2 Å². The highest BCUT2D eigenvalue weighted by Gasteiger charge is 2.16. The average molecular weight is 223 g/mol. The van der Waals surface area contributed by atoms with Crippen LogP contribution in [0.25, 0.3) is 0 Å². The molecule has 6 heteroatoms. The molecule has 6 nitrogen and oxygen atoms in total. The van der Waals surface area contributed by atoms with Crippen LogP contribution >= 0.6 is 0 Å². The molecular formula is C10H13N3O3. The van der Waals surface area contributed by atoms with Gasteiger partial charge in [-0.05, 0) is 6.07 Å². The van der Waals surface area contributed by atoms with E-state index in [1.807, 2.05) is 4.90 Å². The summed E-state index contributed by atoms with van der Waals surface area (Å²) >= 11 is 0. The summed E-state index contributed by atoms with van der Waals surface area (Å²) < 4.78 is 0. The van der Waals surface area contributed by atoms with Gasteiger partial charge < -0.3 is 15.3 Å². The molecule has 1 fully saturated rings. The van der Waals surface area contributed by atoms with Crippen molar-refractivity contribution in [3.05, 3.63) is 28.3 Å². The van der Waals surface area contributed by atoms with E-state index in [9.17, 15) is 15.2 Å². The number of nitrogens with zero attached hydrogens (tertiary/aromatic N) is 2. The minimum Gasteiger partial charge on any atom is -0.506 e. The molecule has 1 aromatic carbocycles. The zero-order chi connectivity index (χ0) is 11.5. The summed E-state index contributed by atoms with van der Waals surface area (Å²) in [6.45, 7) is 3.31. The number of nitro benzene ring substituents is 1. The second-order valence-corrected chi connectivity index (χ2v) is 3.67. The molecule has 0 unspecified atom stereocenters. The summed E-state index contributed by atoms with van der Waals surface area (Å²) in [4.78, 5) is 12.0. The molecule has 0 aromatic heterocycles. The standard InChI is InChI=1S/C10H13N3O3/c14-10-7-8(13(15)16)1-2-9(10)12-5-3-11-4-6-12/h1-2,7,11,14H,3-6H2. The van der Waals surface area contributed by atoms with Crippen molar-refractivity contribution < 1.29 is 10.0 Å². The number of anilines is 1. The molecule has 1 heterocycles. The Balaban J connectivity index is 2.24. The number of rotatable bonds is 2. The third-order valence-corrected chi connectivity index (χ3v) is 2.63. The Bertz CT molecular complexity index is 402. The first kappa shape index (κ1) is 10.7. The Hall–Kier alpha value is -1.82. The first-order chi connectivity index (χ1) is 7.68. The summed E-state index contributed by atoms with van der Waals surface area (Å²) in [6, 6.07) is 4.20. The summed E-state index contributed by atoms with van der Waals surface area (Å²) in [5.74, 6) is -0.0314. The fourth-order valence-electron chi connectivity index (χ4n) is 1.80. The van der Waals surface area contributed by atoms with Crippen molar-refractivity contribution in [3.8, 4) is 5.75 Å². The first-order valence-corrected chi connectivity index (χ1v) is 5.11. The second kappa shape index (κ2) is 4.36. The first-order valence-electron chi connectivity index (χ1n) is 5.11. The van der Waals surface area contributed by atoms with Crippen molar-refractivity contribution in [2.75, 3.05) is 31.1 Å². The molecule has 0 saturated carbocycles. The van der Waals surface area contributed by atoms with Gasteiger partial charge >= 0.3 is 0 Å². The highest BCUT2D eigenvalue weighted by molar-refractivity contribution is 5.61. The number of aromatic hydroxyl groups is 1. The maximum atomic E-state index is 10.5. The summed E-state index contributed by atoms with van der Waals surface area (Å²) in [6.07, 6.45) is 0. The van der Waals surface area contributed by atoms with Crippen LogP contribution in [0.15, 0.2) is 18.2 Å². The van der Waals surface area contributed by atoms with Gasteiger partial charge in [-0.15, -0.1) is 0 Å². The van der Waals surface area contributed by atoms with Gasteiger partial charge in [0.15, 0.2) is 0 Å². The minimum absolute atomic E-state index is 0.0314. The van der Waals surface area contributed by atoms with Gasteiger partial charge in [0.05, 0.1) is 16.7 Å². The molecule has 1 aliphatic rings. The van der Waals surface area contributed by atoms with Gasteiger partial charge in [0.1, 0.15) is 5.75 Å². The lowest BCUT2D eigenvalue weighted by Crippen LogP contribution is -2.43. The number of non-ortho nitro benzene ring substituents is 1. The molecule has 1 saturated heterocycles. The largest absolute Gasteiger partial charge is 0.506 e. The number of hydrogen-bond acceptors (Lipinski definition) is 5. The molecular weight excluding hydrogens is 210 g/mol. The van der Waals surface area contributed by atoms with E-state index in [-0.39, 0.29) is 11.4 Å². The van der Waals surface area contributed by atoms with Crippen molar-refractivity contribution >= 4 is 11.4 Å². The predicted octanol–water partition coefficient (Wildman–Crippen LogP) is 0.710. The topological polar surface area (TPSA) is 78.6 Å². The Kier molecular flexibility index (Phi) is 2.91. The average Bonchev–Trinajstić information content (AvgIpc) is 2.30. The molecule has 0 amide bonds. The molecule has 0 radical (unpaired) electrons. The summed E-state index contributed by atoms with van der Waals surface area (Å²) in [5, 5.41) is 23.4. The van der Waals surface area contributed by atoms with E-state index >= 15 is 0 Å². The molecule has 0 atom stereocenters. The monoisotopic (exact) mass is 223 g/mol. The molecule has 0 aliphatic carbocycles. The Morgan fingerprint density at radius 3 is 2.62 bits per heavy atom. The fourth-order valence-corrected chi connectivity index (χ4v) is 1.80. The van der Waals surface area contributed by atoms with Crippen LogP contribution in [-0.2, 0) is 0 Å². The molecule has 2 rings (SSSR count). The minimum atomic E-state index is -0.513. The zero-order valence-electron chi connectivity index (χ0n) is 8.72. The number of nitrogens with one attached hydrogen (secondary N) is 1. The highest BCUT2D eigenvalue weighted by Crippen LogP contribution is 2.31. The van der Waals surface area contributed by atoms with E-state index in [2.05, 4.69) is 5.32 Å². The van der Waals surface area contributed by atoms with E-state index in [0.29, 0.717) is 5.69 Å². The van der Waals surface area contributed by atoms with Gasteiger partial charge in [-0.25, -0.2) is 0 Å². The van der Waals surface area contributed by atoms with Gasteiger partial charge in [0.2, 0.25) is 0 Å². The van der Waals surface area contributed by atoms with E-state index < -0.39 is 4.92 Å². The maximum Gasteiger partial charge on any atom is 0.273 e. The van der Waals surface area contributed by atoms with E-state index in [0.717, 1.165) is 26.2 Å². The third-order valence-electron chi connectivity index (χ3n) is 2.63. The van der Waals surface area contributed by atoms with Crippen molar-refractivity contribution in [1.29, 1.82) is 0 Å². The van der Waals surface area contributed by atoms with Crippen LogP contribution in [0.1, 0.15) is 0 Å². The van der Waals surface area contributed by atoms with Gasteiger partial charge in [-0.3, -0.25) is 10.1 Å². The number of phenolic OH excluding ortho intramolecular Hbond substituents is 1. The lowest BCUT2D eigenvalue weighted by Gasteiger charge is -2.29. The fraction of sp³-hybridized carbons (Fsp3) is 0.400. The van der Waals surface area contributed by atoms with Crippen molar-refractivity contribution in [1.82, 2.24) is 5.32 Å². The van der Waals surface area contributed by atoms with Gasteiger partial charge in [-0.2, -0.15) is 0 Å². The molecule has 0 spiro atoms. The number of piperazine rings is 1. The summed E-state index contributed by atoms with van der Waals surface area (Å²) in [5.41, 5.74) is 0.573. The van der Waals surface area contributed by atoms with Crippen LogP contribution in [0.4, 0.5) is 11.4 Å². The number of benzene rings is 1. The number of nitro groups is 1. The number of phenols is 1. The van der Waals surface area contributed by atoms with E-state index in [1.54, 1.807) is 6.07 Å². The van der Waals surface area contributed by atoms with Crippen molar-refractivity contribution in [2.45, 2.75) is 0 Å². The lowest BCUT2D eigenvalue weighted by atomic mass is 10.2. The SMILES string of the molecule is O=[N+]([O-])c1ccc(N2CCNCC2)c(O)c1. The Labute approximate surface area is 92.6 Å². The molecule has 86 valence electrons. The third kappa shape index (κ3) is 2.06. The number of hydrogen-bond donors (Lipinski definition) is 2. The van der Waals surface area contributed by atoms with Crippen molar-refractivity contribution in [3.63, 3.8) is 0 Å². The van der Waals surface area contributed by atoms with Crippen LogP contribution in [0, 0.1) is 10.1 Å². The van der Waals surface area contributed by atoms with Gasteiger partial charge in [0.25, 0.3) is 5.69 Å². The lowest BCUT2D eigenvalue weighted by molar-refractivity contribution is -0.384. The molecule has 16 heavy (non-hydrogen) atoms.